The Morgan fingerprint density at radius 3 is 2.44 bits per heavy atom. The van der Waals surface area contributed by atoms with E-state index in [4.69, 9.17) is 4.74 Å². The van der Waals surface area contributed by atoms with Gasteiger partial charge in [0.2, 0.25) is 0 Å². The van der Waals surface area contributed by atoms with Crippen LogP contribution in [0.25, 0.3) is 0 Å². The molecule has 5 rings (SSSR count). The molecule has 32 heavy (non-hydrogen) atoms. The number of hydrogen-bond acceptors (Lipinski definition) is 3. The molecule has 3 heteroatoms. The van der Waals surface area contributed by atoms with Crippen molar-refractivity contribution in [2.45, 2.75) is 118 Å². The number of esters is 1. The molecular formula is C29H46O3. The molecule has 180 valence electrons. The number of hydrogen-bond donors (Lipinski definition) is 1. The first kappa shape index (κ1) is 22.9. The van der Waals surface area contributed by atoms with Gasteiger partial charge in [-0.15, -0.1) is 0 Å². The highest BCUT2D eigenvalue weighted by atomic mass is 16.6. The van der Waals surface area contributed by atoms with E-state index in [0.29, 0.717) is 17.3 Å². The van der Waals surface area contributed by atoms with E-state index in [1.807, 2.05) is 5.57 Å². The third-order valence-electron chi connectivity index (χ3n) is 12.1. The smallest absolute Gasteiger partial charge is 0.302 e. The van der Waals surface area contributed by atoms with Gasteiger partial charge in [0.1, 0.15) is 6.10 Å². The van der Waals surface area contributed by atoms with Crippen LogP contribution in [0.4, 0.5) is 0 Å². The van der Waals surface area contributed by atoms with Gasteiger partial charge in [0, 0.05) is 6.92 Å². The third-order valence-corrected chi connectivity index (χ3v) is 12.1. The first-order chi connectivity index (χ1) is 14.9. The Kier molecular flexibility index (Phi) is 5.26. The van der Waals surface area contributed by atoms with Crippen molar-refractivity contribution < 1.29 is 14.6 Å². The molecule has 5 aliphatic rings. The summed E-state index contributed by atoms with van der Waals surface area (Å²) in [5.74, 6) is 2.52. The predicted molar refractivity (Wildman–Crippen MR) is 128 cm³/mol. The van der Waals surface area contributed by atoms with Crippen LogP contribution in [0.1, 0.15) is 106 Å². The van der Waals surface area contributed by atoms with Crippen LogP contribution in [-0.4, -0.2) is 23.3 Å². The standard InChI is InChI=1S/C29H46O3/c1-18(30)32-22-17-27(4)23(26(2,3)25(22)31)14-16-29(6)24(27)12-11-21-20-10-8-7-9-19(20)13-15-28(21,29)5/h11,19-20,22-25,31H,7-10,12-17H2,1-6H3/t19-,20-,22-,23+,24+,25+,27+,28-,29-/m1/s1. The molecule has 0 aromatic heterocycles. The number of carbonyl (C=O) groups excluding carboxylic acids is 1. The fourth-order valence-electron chi connectivity index (χ4n) is 10.4. The lowest BCUT2D eigenvalue weighted by atomic mass is 9.34. The van der Waals surface area contributed by atoms with Gasteiger partial charge < -0.3 is 9.84 Å². The average molecular weight is 443 g/mol. The summed E-state index contributed by atoms with van der Waals surface area (Å²) in [7, 11) is 0. The van der Waals surface area contributed by atoms with E-state index >= 15 is 0 Å². The molecule has 4 fully saturated rings. The van der Waals surface area contributed by atoms with Gasteiger partial charge in [0.05, 0.1) is 6.10 Å². The Labute approximate surface area is 195 Å². The van der Waals surface area contributed by atoms with Crippen molar-refractivity contribution in [2.24, 2.45) is 45.3 Å². The molecular weight excluding hydrogens is 396 g/mol. The molecule has 4 saturated carbocycles. The second-order valence-electron chi connectivity index (χ2n) is 13.6. The van der Waals surface area contributed by atoms with Gasteiger partial charge in [-0.3, -0.25) is 4.79 Å². The van der Waals surface area contributed by atoms with Crippen molar-refractivity contribution >= 4 is 5.97 Å². The number of carbonyl (C=O) groups is 1. The van der Waals surface area contributed by atoms with Crippen LogP contribution in [0, 0.1) is 45.3 Å². The number of allylic oxidation sites excluding steroid dienone is 2. The number of rotatable bonds is 1. The molecule has 0 heterocycles. The van der Waals surface area contributed by atoms with Crippen molar-refractivity contribution in [3.05, 3.63) is 11.6 Å². The van der Waals surface area contributed by atoms with Gasteiger partial charge in [0.25, 0.3) is 0 Å². The van der Waals surface area contributed by atoms with Gasteiger partial charge in [-0.05, 0) is 96.7 Å². The van der Waals surface area contributed by atoms with Gasteiger partial charge in [-0.1, -0.05) is 59.1 Å². The summed E-state index contributed by atoms with van der Waals surface area (Å²) in [6.07, 6.45) is 14.5. The summed E-state index contributed by atoms with van der Waals surface area (Å²) in [6, 6.07) is 0. The fourth-order valence-corrected chi connectivity index (χ4v) is 10.4. The molecule has 1 N–H and O–H groups in total. The molecule has 0 aliphatic heterocycles. The number of fused-ring (bicyclic) bond motifs is 7. The predicted octanol–water partition coefficient (Wildman–Crippen LogP) is 6.68. The Hall–Kier alpha value is -0.830. The molecule has 0 spiro atoms. The highest BCUT2D eigenvalue weighted by Crippen LogP contribution is 2.74. The minimum Gasteiger partial charge on any atom is -0.460 e. The zero-order valence-electron chi connectivity index (χ0n) is 21.4. The SMILES string of the molecule is CC(=O)O[C@@H]1C[C@@]2(C)[C@@H](CC[C@]3(C)[C@H]2CC=C2[C@@H]4CCCC[C@@H]4CC[C@]23C)C(C)(C)[C@H]1O. The summed E-state index contributed by atoms with van der Waals surface area (Å²) in [4.78, 5) is 11.9. The van der Waals surface area contributed by atoms with E-state index in [1.54, 1.807) is 0 Å². The molecule has 0 saturated heterocycles. The lowest BCUT2D eigenvalue weighted by Gasteiger charge is -2.70. The lowest BCUT2D eigenvalue weighted by Crippen LogP contribution is -2.66. The Bertz CT molecular complexity index is 813. The normalized spacial score (nSPS) is 51.9. The molecule has 0 unspecified atom stereocenters. The third kappa shape index (κ3) is 2.91. The second-order valence-corrected chi connectivity index (χ2v) is 13.6. The van der Waals surface area contributed by atoms with E-state index in [9.17, 15) is 9.90 Å². The van der Waals surface area contributed by atoms with Crippen LogP contribution < -0.4 is 0 Å². The molecule has 3 nitrogen and oxygen atoms in total. The van der Waals surface area contributed by atoms with Crippen molar-refractivity contribution in [2.75, 3.05) is 0 Å². The van der Waals surface area contributed by atoms with Gasteiger partial charge in [-0.2, -0.15) is 0 Å². The molecule has 0 amide bonds. The minimum absolute atomic E-state index is 0.0737. The summed E-state index contributed by atoms with van der Waals surface area (Å²) < 4.78 is 5.76. The maximum absolute atomic E-state index is 11.9. The van der Waals surface area contributed by atoms with E-state index in [2.05, 4.69) is 40.7 Å². The fraction of sp³-hybridized carbons (Fsp3) is 0.897. The first-order valence-electron chi connectivity index (χ1n) is 13.5. The summed E-state index contributed by atoms with van der Waals surface area (Å²) in [5, 5.41) is 11.2. The highest BCUT2D eigenvalue weighted by Gasteiger charge is 2.68. The average Bonchev–Trinajstić information content (AvgIpc) is 2.72. The lowest BCUT2D eigenvalue weighted by molar-refractivity contribution is -0.235. The molecule has 0 aromatic carbocycles. The molecule has 0 radical (unpaired) electrons. The Balaban J connectivity index is 1.56. The van der Waals surface area contributed by atoms with Crippen LogP contribution >= 0.6 is 0 Å². The van der Waals surface area contributed by atoms with Crippen LogP contribution in [0.2, 0.25) is 0 Å². The first-order valence-corrected chi connectivity index (χ1v) is 13.5. The highest BCUT2D eigenvalue weighted by molar-refractivity contribution is 5.66. The zero-order chi connectivity index (χ0) is 23.1. The Morgan fingerprint density at radius 1 is 1.00 bits per heavy atom. The second kappa shape index (κ2) is 7.33. The maximum atomic E-state index is 11.9. The van der Waals surface area contributed by atoms with Crippen molar-refractivity contribution in [1.82, 2.24) is 0 Å². The number of aliphatic hydroxyl groups excluding tert-OH is 1. The van der Waals surface area contributed by atoms with E-state index < -0.39 is 12.2 Å². The van der Waals surface area contributed by atoms with E-state index in [-0.39, 0.29) is 22.2 Å². The molecule has 9 atom stereocenters. The van der Waals surface area contributed by atoms with Crippen LogP contribution in [0.5, 0.6) is 0 Å². The van der Waals surface area contributed by atoms with Crippen molar-refractivity contribution in [1.29, 1.82) is 0 Å². The maximum Gasteiger partial charge on any atom is 0.302 e. The van der Waals surface area contributed by atoms with Gasteiger partial charge in [-0.25, -0.2) is 0 Å². The molecule has 0 bridgehead atoms. The zero-order valence-corrected chi connectivity index (χ0v) is 21.4. The van der Waals surface area contributed by atoms with Crippen LogP contribution in [-0.2, 0) is 9.53 Å². The van der Waals surface area contributed by atoms with Crippen molar-refractivity contribution in [3.63, 3.8) is 0 Å². The van der Waals surface area contributed by atoms with E-state index in [0.717, 1.165) is 24.7 Å². The van der Waals surface area contributed by atoms with Gasteiger partial charge in [0.15, 0.2) is 0 Å². The largest absolute Gasteiger partial charge is 0.460 e. The van der Waals surface area contributed by atoms with E-state index in [1.165, 1.54) is 58.3 Å². The molecule has 0 aromatic rings. The summed E-state index contributed by atoms with van der Waals surface area (Å²) in [5.41, 5.74) is 2.22. The number of aliphatic hydroxyl groups is 1. The monoisotopic (exact) mass is 442 g/mol. The summed E-state index contributed by atoms with van der Waals surface area (Å²) >= 11 is 0. The van der Waals surface area contributed by atoms with Crippen LogP contribution in [0.15, 0.2) is 11.6 Å². The number of ether oxygens (including phenoxy) is 1. The Morgan fingerprint density at radius 2 is 1.72 bits per heavy atom. The summed E-state index contributed by atoms with van der Waals surface area (Å²) in [6.45, 7) is 13.6. The molecule has 5 aliphatic carbocycles. The van der Waals surface area contributed by atoms with Gasteiger partial charge >= 0.3 is 5.97 Å². The quantitative estimate of drug-likeness (QED) is 0.364. The topological polar surface area (TPSA) is 46.5 Å². The van der Waals surface area contributed by atoms with Crippen LogP contribution in [0.3, 0.4) is 0 Å². The van der Waals surface area contributed by atoms with Crippen molar-refractivity contribution in [3.8, 4) is 0 Å². The minimum atomic E-state index is -0.586.